The van der Waals surface area contributed by atoms with Gasteiger partial charge in [0.05, 0.1) is 5.56 Å². The van der Waals surface area contributed by atoms with Crippen molar-refractivity contribution in [3.8, 4) is 0 Å². The third-order valence-electron chi connectivity index (χ3n) is 5.37. The molecule has 0 heterocycles. The first-order chi connectivity index (χ1) is 12.8. The highest BCUT2D eigenvalue weighted by Gasteiger charge is 2.35. The molecular weight excluding hydrogens is 378 g/mol. The zero-order chi connectivity index (χ0) is 19.6. The van der Waals surface area contributed by atoms with Crippen LogP contribution in [-0.2, 0) is 6.18 Å². The lowest BCUT2D eigenvalue weighted by molar-refractivity contribution is -0.137. The van der Waals surface area contributed by atoms with Gasteiger partial charge >= 0.3 is 6.18 Å². The molecule has 0 spiro atoms. The van der Waals surface area contributed by atoms with E-state index in [0.29, 0.717) is 11.6 Å². The van der Waals surface area contributed by atoms with Gasteiger partial charge in [0.15, 0.2) is 0 Å². The topological polar surface area (TPSA) is 0 Å². The van der Waals surface area contributed by atoms with Crippen molar-refractivity contribution in [2.24, 2.45) is 5.92 Å². The highest BCUT2D eigenvalue weighted by Crippen LogP contribution is 2.51. The Morgan fingerprint density at radius 1 is 0.926 bits per heavy atom. The monoisotopic (exact) mass is 400 g/mol. The van der Waals surface area contributed by atoms with Crippen molar-refractivity contribution in [3.05, 3.63) is 59.7 Å². The molecule has 0 aliphatic heterocycles. The lowest BCUT2D eigenvalue weighted by Crippen LogP contribution is -2.25. The largest absolute Gasteiger partial charge is 0.416 e. The minimum Gasteiger partial charge on any atom is -0.205 e. The Kier molecular flexibility index (Phi) is 6.20. The van der Waals surface area contributed by atoms with Crippen LogP contribution in [0.1, 0.15) is 50.2 Å². The van der Waals surface area contributed by atoms with Crippen molar-refractivity contribution in [2.75, 3.05) is 0 Å². The van der Waals surface area contributed by atoms with Crippen molar-refractivity contribution in [1.82, 2.24) is 0 Å². The molecule has 1 fully saturated rings. The molecule has 3 unspecified atom stereocenters. The van der Waals surface area contributed by atoms with Crippen molar-refractivity contribution in [1.29, 1.82) is 0 Å². The van der Waals surface area contributed by atoms with Crippen molar-refractivity contribution in [3.63, 3.8) is 0 Å². The third kappa shape index (κ3) is 4.51. The summed E-state index contributed by atoms with van der Waals surface area (Å²) in [6.45, 7) is 2.14. The Morgan fingerprint density at radius 3 is 1.96 bits per heavy atom. The average molecular weight is 400 g/mol. The fourth-order valence-electron chi connectivity index (χ4n) is 3.96. The standard InChI is InChI=1S/C21H22F5P/c1-2-14-4-3-5-19(14)27(17-10-6-15(7-11-17)20(22)23)18-12-8-16(9-13-18)21(24,25)26/h6-14,19-20H,2-5H2,1H3. The van der Waals surface area contributed by atoms with Gasteiger partial charge in [-0.05, 0) is 55.1 Å². The van der Waals surface area contributed by atoms with E-state index in [0.717, 1.165) is 48.4 Å². The lowest BCUT2D eigenvalue weighted by Gasteiger charge is -2.30. The van der Waals surface area contributed by atoms with Crippen LogP contribution in [0.25, 0.3) is 0 Å². The number of hydrogen-bond donors (Lipinski definition) is 0. The van der Waals surface area contributed by atoms with Gasteiger partial charge in [0, 0.05) is 5.56 Å². The van der Waals surface area contributed by atoms with Crippen molar-refractivity contribution in [2.45, 2.75) is 50.9 Å². The Morgan fingerprint density at radius 2 is 1.48 bits per heavy atom. The molecule has 0 bridgehead atoms. The van der Waals surface area contributed by atoms with E-state index in [2.05, 4.69) is 6.92 Å². The first kappa shape index (κ1) is 20.3. The van der Waals surface area contributed by atoms with Gasteiger partial charge in [-0.1, -0.05) is 56.2 Å². The fourth-order valence-corrected chi connectivity index (χ4v) is 7.18. The summed E-state index contributed by atoms with van der Waals surface area (Å²) < 4.78 is 64.5. The third-order valence-corrected chi connectivity index (χ3v) is 8.42. The van der Waals surface area contributed by atoms with E-state index in [4.69, 9.17) is 0 Å². The lowest BCUT2D eigenvalue weighted by atomic mass is 10.1. The van der Waals surface area contributed by atoms with Crippen LogP contribution in [0.2, 0.25) is 0 Å². The summed E-state index contributed by atoms with van der Waals surface area (Å²) in [6.07, 6.45) is -2.60. The Bertz CT molecular complexity index is 737. The van der Waals surface area contributed by atoms with Gasteiger partial charge in [-0.15, -0.1) is 0 Å². The number of alkyl halides is 5. The Labute approximate surface area is 157 Å². The molecule has 0 N–H and O–H groups in total. The van der Waals surface area contributed by atoms with Crippen LogP contribution in [0.5, 0.6) is 0 Å². The predicted octanol–water partition coefficient (Wildman–Crippen LogP) is 6.65. The average Bonchev–Trinajstić information content (AvgIpc) is 3.10. The van der Waals surface area contributed by atoms with E-state index in [9.17, 15) is 22.0 Å². The smallest absolute Gasteiger partial charge is 0.205 e. The number of rotatable bonds is 5. The van der Waals surface area contributed by atoms with Gasteiger partial charge in [0.25, 0.3) is 6.43 Å². The van der Waals surface area contributed by atoms with Crippen LogP contribution in [-0.4, -0.2) is 5.66 Å². The van der Waals surface area contributed by atoms with Gasteiger partial charge in [-0.3, -0.25) is 0 Å². The normalized spacial score (nSPS) is 21.6. The van der Waals surface area contributed by atoms with Gasteiger partial charge < -0.3 is 0 Å². The van der Waals surface area contributed by atoms with Gasteiger partial charge in [-0.2, -0.15) is 13.2 Å². The SMILES string of the molecule is CCC1CCCC1P(c1ccc(C(F)F)cc1)c1ccc(C(F)(F)F)cc1. The maximum Gasteiger partial charge on any atom is 0.416 e. The molecule has 3 rings (SSSR count). The van der Waals surface area contributed by atoms with E-state index < -0.39 is 26.1 Å². The second-order valence-corrected chi connectivity index (χ2v) is 9.41. The highest BCUT2D eigenvalue weighted by atomic mass is 31.1. The molecule has 1 aliphatic rings. The van der Waals surface area contributed by atoms with E-state index >= 15 is 0 Å². The van der Waals surface area contributed by atoms with E-state index in [1.807, 2.05) is 0 Å². The fraction of sp³-hybridized carbons (Fsp3) is 0.429. The zero-order valence-electron chi connectivity index (χ0n) is 15.0. The molecule has 146 valence electrons. The van der Waals surface area contributed by atoms with Crippen molar-refractivity contribution < 1.29 is 22.0 Å². The zero-order valence-corrected chi connectivity index (χ0v) is 15.9. The molecule has 2 aromatic rings. The van der Waals surface area contributed by atoms with E-state index in [1.54, 1.807) is 24.3 Å². The first-order valence-corrected chi connectivity index (χ1v) is 10.6. The van der Waals surface area contributed by atoms with Crippen molar-refractivity contribution >= 4 is 18.5 Å². The van der Waals surface area contributed by atoms with Crippen LogP contribution in [0.15, 0.2) is 48.5 Å². The van der Waals surface area contributed by atoms with Crippen LogP contribution in [0, 0.1) is 5.92 Å². The molecule has 2 aromatic carbocycles. The summed E-state index contributed by atoms with van der Waals surface area (Å²) in [5, 5.41) is 1.84. The van der Waals surface area contributed by atoms with E-state index in [-0.39, 0.29) is 5.56 Å². The Balaban J connectivity index is 1.99. The Hall–Kier alpha value is -1.48. The number of hydrogen-bond acceptors (Lipinski definition) is 0. The minimum atomic E-state index is -4.36. The molecule has 27 heavy (non-hydrogen) atoms. The maximum absolute atomic E-state index is 12.9. The second-order valence-electron chi connectivity index (χ2n) is 6.97. The van der Waals surface area contributed by atoms with Crippen LogP contribution >= 0.6 is 7.92 Å². The quantitative estimate of drug-likeness (QED) is 0.389. The van der Waals surface area contributed by atoms with Crippen LogP contribution in [0.4, 0.5) is 22.0 Å². The number of benzene rings is 2. The summed E-state index contributed by atoms with van der Waals surface area (Å²) in [5.74, 6) is 0.521. The molecule has 0 aromatic heterocycles. The summed E-state index contributed by atoms with van der Waals surface area (Å²) in [6, 6.07) is 11.7. The predicted molar refractivity (Wildman–Crippen MR) is 100 cm³/mol. The first-order valence-electron chi connectivity index (χ1n) is 9.16. The van der Waals surface area contributed by atoms with Crippen LogP contribution < -0.4 is 10.6 Å². The summed E-state index contributed by atoms with van der Waals surface area (Å²) >= 11 is 0. The molecule has 0 amide bonds. The van der Waals surface area contributed by atoms with Crippen LogP contribution in [0.3, 0.4) is 0 Å². The maximum atomic E-state index is 12.9. The van der Waals surface area contributed by atoms with Gasteiger partial charge in [-0.25, -0.2) is 8.78 Å². The molecule has 0 nitrogen and oxygen atoms in total. The molecule has 3 atom stereocenters. The highest BCUT2D eigenvalue weighted by molar-refractivity contribution is 7.73. The van der Waals surface area contributed by atoms with Gasteiger partial charge in [0.1, 0.15) is 0 Å². The molecule has 1 aliphatic carbocycles. The minimum absolute atomic E-state index is 0.0282. The molecule has 1 saturated carbocycles. The molecule has 0 saturated heterocycles. The van der Waals surface area contributed by atoms with E-state index in [1.165, 1.54) is 12.1 Å². The summed E-state index contributed by atoms with van der Waals surface area (Å²) in [4.78, 5) is 0. The molecular formula is C21H22F5P. The summed E-state index contributed by atoms with van der Waals surface area (Å²) in [5.41, 5.74) is -0.313. The molecule has 0 radical (unpaired) electrons. The summed E-state index contributed by atoms with van der Waals surface area (Å²) in [7, 11) is -0.889. The second kappa shape index (κ2) is 8.26. The molecule has 6 heteroatoms. The number of halogens is 5. The van der Waals surface area contributed by atoms with Gasteiger partial charge in [0.2, 0.25) is 0 Å².